The molecule has 0 aliphatic heterocycles. The molecule has 26 heavy (non-hydrogen) atoms. The number of aliphatic imine (C=N–C) groups is 1. The van der Waals surface area contributed by atoms with E-state index in [1.54, 1.807) is 18.2 Å². The molecule has 0 saturated heterocycles. The maximum Gasteiger partial charge on any atom is 0.305 e. The molecular formula is C16H19N5O4S. The van der Waals surface area contributed by atoms with Crippen LogP contribution < -0.4 is 21.9 Å². The molecule has 0 fully saturated rings. The van der Waals surface area contributed by atoms with Crippen molar-refractivity contribution in [3.63, 3.8) is 0 Å². The van der Waals surface area contributed by atoms with Crippen molar-refractivity contribution in [3.8, 4) is 0 Å². The number of carboxylic acid groups (broad SMARTS) is 1. The van der Waals surface area contributed by atoms with E-state index < -0.39 is 22.0 Å². The zero-order valence-corrected chi connectivity index (χ0v) is 14.5. The summed E-state index contributed by atoms with van der Waals surface area (Å²) in [4.78, 5) is 14.6. The van der Waals surface area contributed by atoms with Gasteiger partial charge in [0.15, 0.2) is 5.96 Å². The molecule has 0 saturated carbocycles. The van der Waals surface area contributed by atoms with Gasteiger partial charge in [-0.05, 0) is 35.9 Å². The van der Waals surface area contributed by atoms with Crippen LogP contribution in [0.1, 0.15) is 18.0 Å². The Hall–Kier alpha value is -3.11. The fraction of sp³-hybridized carbons (Fsp3) is 0.125. The van der Waals surface area contributed by atoms with E-state index in [0.29, 0.717) is 11.3 Å². The molecule has 0 bridgehead atoms. The van der Waals surface area contributed by atoms with Crippen LogP contribution in [0.2, 0.25) is 0 Å². The number of carbonyl (C=O) groups is 1. The van der Waals surface area contributed by atoms with E-state index in [0.717, 1.165) is 0 Å². The number of benzene rings is 2. The van der Waals surface area contributed by atoms with Crippen LogP contribution in [0, 0.1) is 0 Å². The summed E-state index contributed by atoms with van der Waals surface area (Å²) in [5, 5.41) is 8.82. The number of nitrogens with one attached hydrogen (secondary N) is 1. The molecule has 2 aromatic carbocycles. The van der Waals surface area contributed by atoms with Gasteiger partial charge >= 0.3 is 5.97 Å². The highest BCUT2D eigenvalue weighted by Crippen LogP contribution is 2.23. The predicted octanol–water partition coefficient (Wildman–Crippen LogP) is 0.867. The zero-order valence-electron chi connectivity index (χ0n) is 13.7. The van der Waals surface area contributed by atoms with Crippen LogP contribution in [0.25, 0.3) is 0 Å². The van der Waals surface area contributed by atoms with Crippen molar-refractivity contribution < 1.29 is 18.3 Å². The van der Waals surface area contributed by atoms with Gasteiger partial charge in [-0.1, -0.05) is 18.2 Å². The molecule has 2 rings (SSSR count). The summed E-state index contributed by atoms with van der Waals surface area (Å²) in [6, 6.07) is 11.3. The monoisotopic (exact) mass is 377 g/mol. The van der Waals surface area contributed by atoms with Crippen molar-refractivity contribution in [2.75, 3.05) is 4.72 Å². The number of rotatable bonds is 7. The van der Waals surface area contributed by atoms with Crippen molar-refractivity contribution in [3.05, 3.63) is 54.1 Å². The van der Waals surface area contributed by atoms with E-state index in [1.807, 2.05) is 0 Å². The van der Waals surface area contributed by atoms with Crippen LogP contribution in [0.3, 0.4) is 0 Å². The first-order valence-electron chi connectivity index (χ1n) is 7.47. The van der Waals surface area contributed by atoms with Crippen LogP contribution in [0.5, 0.6) is 0 Å². The van der Waals surface area contributed by atoms with E-state index in [9.17, 15) is 13.2 Å². The Morgan fingerprint density at radius 2 is 1.85 bits per heavy atom. The minimum atomic E-state index is -3.90. The summed E-state index contributed by atoms with van der Waals surface area (Å²) in [6.45, 7) is 0. The molecule has 0 radical (unpaired) electrons. The Labute approximate surface area is 150 Å². The first kappa shape index (κ1) is 19.2. The Morgan fingerprint density at radius 1 is 1.15 bits per heavy atom. The molecule has 9 nitrogen and oxygen atoms in total. The summed E-state index contributed by atoms with van der Waals surface area (Å²) in [7, 11) is -3.90. The second-order valence-electron chi connectivity index (χ2n) is 5.47. The number of anilines is 1. The number of nitrogens with zero attached hydrogens (tertiary/aromatic N) is 1. The van der Waals surface area contributed by atoms with Gasteiger partial charge < -0.3 is 22.3 Å². The molecule has 10 heteroatoms. The molecule has 2 aromatic rings. The van der Waals surface area contributed by atoms with E-state index >= 15 is 0 Å². The molecule has 1 unspecified atom stereocenters. The maximum absolute atomic E-state index is 12.6. The van der Waals surface area contributed by atoms with Gasteiger partial charge in [0.1, 0.15) is 0 Å². The first-order valence-corrected chi connectivity index (χ1v) is 8.95. The fourth-order valence-electron chi connectivity index (χ4n) is 2.22. The lowest BCUT2D eigenvalue weighted by atomic mass is 10.0. The van der Waals surface area contributed by atoms with Gasteiger partial charge in [0, 0.05) is 11.7 Å². The third-order valence-corrected chi connectivity index (χ3v) is 4.73. The van der Waals surface area contributed by atoms with E-state index in [1.165, 1.54) is 30.3 Å². The van der Waals surface area contributed by atoms with Gasteiger partial charge in [0.2, 0.25) is 0 Å². The van der Waals surface area contributed by atoms with E-state index in [4.69, 9.17) is 22.3 Å². The van der Waals surface area contributed by atoms with Crippen molar-refractivity contribution in [1.82, 2.24) is 0 Å². The Morgan fingerprint density at radius 3 is 2.50 bits per heavy atom. The number of aliphatic carboxylic acids is 1. The lowest BCUT2D eigenvalue weighted by Crippen LogP contribution is -2.22. The second-order valence-corrected chi connectivity index (χ2v) is 7.15. The van der Waals surface area contributed by atoms with Crippen molar-refractivity contribution >= 4 is 33.3 Å². The first-order chi connectivity index (χ1) is 12.2. The fourth-order valence-corrected chi connectivity index (χ4v) is 3.31. The largest absolute Gasteiger partial charge is 0.481 e. The van der Waals surface area contributed by atoms with Crippen LogP contribution in [-0.4, -0.2) is 25.5 Å². The number of hydrogen-bond acceptors (Lipinski definition) is 5. The topological polar surface area (TPSA) is 174 Å². The van der Waals surface area contributed by atoms with Crippen LogP contribution in [0.4, 0.5) is 11.4 Å². The minimum absolute atomic E-state index is 0.0276. The molecule has 0 aliphatic rings. The highest BCUT2D eigenvalue weighted by Gasteiger charge is 2.16. The third kappa shape index (κ3) is 5.19. The summed E-state index contributed by atoms with van der Waals surface area (Å²) >= 11 is 0. The smallest absolute Gasteiger partial charge is 0.305 e. The summed E-state index contributed by atoms with van der Waals surface area (Å²) in [5.74, 6) is -1.23. The standard InChI is InChI=1S/C16H19N5O4S/c17-14(9-15(22)23)10-3-1-5-12(7-10)21-26(24,25)13-6-2-4-11(8-13)20-16(18)19/h1-8,14,21H,9,17H2,(H,22,23)(H4,18,19,20). The lowest BCUT2D eigenvalue weighted by molar-refractivity contribution is -0.137. The summed E-state index contributed by atoms with van der Waals surface area (Å²) in [5.41, 5.74) is 17.5. The average molecular weight is 377 g/mol. The molecule has 0 spiro atoms. The molecular weight excluding hydrogens is 358 g/mol. The van der Waals surface area contributed by atoms with Gasteiger partial charge in [0.05, 0.1) is 17.0 Å². The molecule has 0 aromatic heterocycles. The van der Waals surface area contributed by atoms with Gasteiger partial charge in [-0.2, -0.15) is 0 Å². The number of carboxylic acids is 1. The van der Waals surface area contributed by atoms with Crippen LogP contribution in [-0.2, 0) is 14.8 Å². The lowest BCUT2D eigenvalue weighted by Gasteiger charge is -2.13. The highest BCUT2D eigenvalue weighted by molar-refractivity contribution is 7.92. The molecule has 138 valence electrons. The van der Waals surface area contributed by atoms with Crippen molar-refractivity contribution in [1.29, 1.82) is 0 Å². The summed E-state index contributed by atoms with van der Waals surface area (Å²) < 4.78 is 27.5. The Kier molecular flexibility index (Phi) is 5.80. The SMILES string of the molecule is NC(N)=Nc1cccc(S(=O)(=O)Nc2cccc(C(N)CC(=O)O)c2)c1. The number of nitrogens with two attached hydrogens (primary N) is 3. The van der Waals surface area contributed by atoms with Crippen molar-refractivity contribution in [2.45, 2.75) is 17.4 Å². The Bertz CT molecular complexity index is 939. The van der Waals surface area contributed by atoms with Crippen LogP contribution >= 0.6 is 0 Å². The molecule has 0 heterocycles. The van der Waals surface area contributed by atoms with Crippen molar-refractivity contribution in [2.24, 2.45) is 22.2 Å². The third-order valence-electron chi connectivity index (χ3n) is 3.35. The minimum Gasteiger partial charge on any atom is -0.481 e. The van der Waals surface area contributed by atoms with Gasteiger partial charge in [-0.15, -0.1) is 0 Å². The van der Waals surface area contributed by atoms with E-state index in [2.05, 4.69) is 9.71 Å². The number of guanidine groups is 1. The zero-order chi connectivity index (χ0) is 19.3. The maximum atomic E-state index is 12.6. The van der Waals surface area contributed by atoms with Gasteiger partial charge in [-0.3, -0.25) is 9.52 Å². The van der Waals surface area contributed by atoms with E-state index in [-0.39, 0.29) is 23.0 Å². The van der Waals surface area contributed by atoms with Crippen LogP contribution in [0.15, 0.2) is 58.4 Å². The number of hydrogen-bond donors (Lipinski definition) is 5. The summed E-state index contributed by atoms with van der Waals surface area (Å²) in [6.07, 6.45) is -0.267. The number of sulfonamides is 1. The molecule has 0 aliphatic carbocycles. The van der Waals surface area contributed by atoms with Gasteiger partial charge in [0.25, 0.3) is 10.0 Å². The van der Waals surface area contributed by atoms with Gasteiger partial charge in [-0.25, -0.2) is 13.4 Å². The quantitative estimate of drug-likeness (QED) is 0.351. The molecule has 0 amide bonds. The second kappa shape index (κ2) is 7.85. The Balaban J connectivity index is 2.27. The molecule has 1 atom stereocenters. The molecule has 8 N–H and O–H groups in total. The highest BCUT2D eigenvalue weighted by atomic mass is 32.2. The normalized spacial score (nSPS) is 12.2. The average Bonchev–Trinajstić information content (AvgIpc) is 2.53. The predicted molar refractivity (Wildman–Crippen MR) is 98.3 cm³/mol.